The zero-order chi connectivity index (χ0) is 11.1. The van der Waals surface area contributed by atoms with Crippen LogP contribution < -0.4 is 34.7 Å². The van der Waals surface area contributed by atoms with E-state index in [1.165, 1.54) is 12.1 Å². The molecule has 0 fully saturated rings. The van der Waals surface area contributed by atoms with Gasteiger partial charge in [0.05, 0.1) is 0 Å². The minimum atomic E-state index is -2.08. The molecule has 7 heteroatoms. The molecule has 0 heterocycles. The molecule has 76 valence electrons. The number of aromatic hydroxyl groups is 1. The van der Waals surface area contributed by atoms with Gasteiger partial charge in [0.15, 0.2) is 0 Å². The summed E-state index contributed by atoms with van der Waals surface area (Å²) in [5, 5.41) is 32.6. The Morgan fingerprint density at radius 2 is 1.53 bits per heavy atom. The van der Waals surface area contributed by atoms with Gasteiger partial charge in [-0.2, -0.15) is 0 Å². The van der Waals surface area contributed by atoms with Crippen LogP contribution in [0.5, 0.6) is 5.75 Å². The molecule has 0 saturated carbocycles. The number of carboxylic acids is 1. The second-order valence-electron chi connectivity index (χ2n) is 2.09. The largest absolute Gasteiger partial charge is 1.00 e. The van der Waals surface area contributed by atoms with E-state index in [2.05, 4.69) is 0 Å². The zero-order valence-corrected chi connectivity index (χ0v) is 9.88. The summed E-state index contributed by atoms with van der Waals surface area (Å²) in [7, 11) is 0. The van der Waals surface area contributed by atoms with E-state index < -0.39 is 12.1 Å². The van der Waals surface area contributed by atoms with Crippen molar-refractivity contribution in [3.05, 3.63) is 29.8 Å². The van der Waals surface area contributed by atoms with Gasteiger partial charge in [-0.3, -0.25) is 0 Å². The van der Waals surface area contributed by atoms with E-state index >= 15 is 0 Å². The molecule has 1 aromatic rings. The van der Waals surface area contributed by atoms with Crippen molar-refractivity contribution in [2.24, 2.45) is 0 Å². The normalized spacial score (nSPS) is 7.73. The number of carboxylic acid groups (broad SMARTS) is 3. The van der Waals surface area contributed by atoms with Crippen molar-refractivity contribution in [1.29, 1.82) is 0 Å². The smallest absolute Gasteiger partial charge is 0.565 e. The molecule has 3 N–H and O–H groups in total. The van der Waals surface area contributed by atoms with Crippen LogP contribution >= 0.6 is 0 Å². The van der Waals surface area contributed by atoms with Gasteiger partial charge in [0, 0.05) is 0 Å². The number of rotatable bonds is 1. The van der Waals surface area contributed by atoms with Gasteiger partial charge in [0.2, 0.25) is 6.16 Å². The molecule has 15 heavy (non-hydrogen) atoms. The molecule has 0 amide bonds. The molecule has 1 rings (SSSR count). The van der Waals surface area contributed by atoms with Crippen molar-refractivity contribution in [1.82, 2.24) is 0 Å². The number of carbonyl (C=O) groups is 2. The van der Waals surface area contributed by atoms with Crippen molar-refractivity contribution < 1.29 is 59.6 Å². The Kier molecular flexibility index (Phi) is 8.75. The molecule has 6 nitrogen and oxygen atoms in total. The monoisotopic (exact) mass is 222 g/mol. The van der Waals surface area contributed by atoms with Gasteiger partial charge >= 0.3 is 35.5 Å². The van der Waals surface area contributed by atoms with Crippen LogP contribution in [-0.4, -0.2) is 27.4 Å². The van der Waals surface area contributed by atoms with Gasteiger partial charge in [0.25, 0.3) is 0 Å². The number of para-hydroxylation sites is 1. The van der Waals surface area contributed by atoms with Crippen molar-refractivity contribution in [2.75, 3.05) is 0 Å². The fourth-order valence-electron chi connectivity index (χ4n) is 0.654. The van der Waals surface area contributed by atoms with Crippen molar-refractivity contribution in [2.45, 2.75) is 0 Å². The Bertz CT molecular complexity index is 334. The zero-order valence-electron chi connectivity index (χ0n) is 7.88. The van der Waals surface area contributed by atoms with Gasteiger partial charge in [-0.1, -0.05) is 12.1 Å². The van der Waals surface area contributed by atoms with Crippen molar-refractivity contribution in [3.63, 3.8) is 0 Å². The average Bonchev–Trinajstić information content (AvgIpc) is 2.03. The Balaban J connectivity index is 0. The molecule has 0 aliphatic heterocycles. The topological polar surface area (TPSA) is 118 Å². The van der Waals surface area contributed by atoms with Gasteiger partial charge in [-0.25, -0.2) is 4.79 Å². The molecule has 0 aliphatic rings. The summed E-state index contributed by atoms with van der Waals surface area (Å²) in [6.07, 6.45) is -2.08. The summed E-state index contributed by atoms with van der Waals surface area (Å²) < 4.78 is 0. The first-order chi connectivity index (χ1) is 6.45. The van der Waals surface area contributed by atoms with Crippen LogP contribution in [0.2, 0.25) is 0 Å². The standard InChI is InChI=1S/C7H6O3.CH2O3.Na/c8-6-4-2-1-3-5(6)7(9)10;2-1(3)4;/h1-4,8H,(H,9,10);(H2,2,3,4);/q;;+1/p-1. The van der Waals surface area contributed by atoms with Crippen LogP contribution in [0.4, 0.5) is 4.79 Å². The quantitative estimate of drug-likeness (QED) is 0.435. The summed E-state index contributed by atoms with van der Waals surface area (Å²) in [4.78, 5) is 18.7. The van der Waals surface area contributed by atoms with Gasteiger partial charge in [-0.15, -0.1) is 0 Å². The fourth-order valence-corrected chi connectivity index (χ4v) is 0.654. The van der Waals surface area contributed by atoms with E-state index in [1.54, 1.807) is 12.1 Å². The van der Waals surface area contributed by atoms with Crippen molar-refractivity contribution >= 4 is 12.1 Å². The van der Waals surface area contributed by atoms with E-state index in [-0.39, 0.29) is 40.9 Å². The molecule has 0 atom stereocenters. The van der Waals surface area contributed by atoms with Crippen LogP contribution in [-0.2, 0) is 0 Å². The van der Waals surface area contributed by atoms with Crippen molar-refractivity contribution in [3.8, 4) is 5.75 Å². The fraction of sp³-hybridized carbons (Fsp3) is 0. The predicted molar refractivity (Wildman–Crippen MR) is 43.1 cm³/mol. The average molecular weight is 222 g/mol. The third-order valence-corrected chi connectivity index (χ3v) is 1.13. The molecule has 0 aromatic heterocycles. The summed E-state index contributed by atoms with van der Waals surface area (Å²) in [5.74, 6) is -1.31. The van der Waals surface area contributed by atoms with Crippen LogP contribution in [0, 0.1) is 0 Å². The second-order valence-corrected chi connectivity index (χ2v) is 2.09. The van der Waals surface area contributed by atoms with Crippen LogP contribution in [0.3, 0.4) is 0 Å². The van der Waals surface area contributed by atoms with Crippen LogP contribution in [0.15, 0.2) is 24.3 Å². The molecule has 0 spiro atoms. The Hall–Kier alpha value is -1.24. The maximum atomic E-state index is 10.3. The molecule has 1 aromatic carbocycles. The molecule has 0 saturated heterocycles. The first-order valence-corrected chi connectivity index (χ1v) is 3.36. The molecular weight excluding hydrogens is 215 g/mol. The van der Waals surface area contributed by atoms with E-state index in [4.69, 9.17) is 25.2 Å². The first kappa shape index (κ1) is 16.2. The van der Waals surface area contributed by atoms with Crippen LogP contribution in [0.25, 0.3) is 0 Å². The maximum Gasteiger partial charge on any atom is 1.00 e. The first-order valence-electron chi connectivity index (χ1n) is 3.36. The van der Waals surface area contributed by atoms with Crippen LogP contribution in [0.1, 0.15) is 10.4 Å². The summed E-state index contributed by atoms with van der Waals surface area (Å²) in [5.41, 5.74) is -0.0671. The van der Waals surface area contributed by atoms with Gasteiger partial charge in [-0.05, 0) is 12.1 Å². The van der Waals surface area contributed by atoms with E-state index in [9.17, 15) is 4.79 Å². The SMILES string of the molecule is O=C(O)c1ccccc1O.O=C([O-])O.[Na+]. The number of aromatic carboxylic acids is 1. The summed E-state index contributed by atoms with van der Waals surface area (Å²) in [6, 6.07) is 5.81. The van der Waals surface area contributed by atoms with Gasteiger partial charge in [0.1, 0.15) is 11.3 Å². The number of benzene rings is 1. The molecule has 0 bridgehead atoms. The third-order valence-electron chi connectivity index (χ3n) is 1.13. The minimum absolute atomic E-state index is 0. The third kappa shape index (κ3) is 7.80. The predicted octanol–water partition coefficient (Wildman–Crippen LogP) is -3.02. The maximum absolute atomic E-state index is 10.3. The van der Waals surface area contributed by atoms with Gasteiger partial charge < -0.3 is 25.2 Å². The molecule has 0 unspecified atom stereocenters. The van der Waals surface area contributed by atoms with E-state index in [0.29, 0.717) is 0 Å². The minimum Gasteiger partial charge on any atom is -0.565 e. The van der Waals surface area contributed by atoms with E-state index in [0.717, 1.165) is 0 Å². The number of hydrogen-bond donors (Lipinski definition) is 3. The summed E-state index contributed by atoms with van der Waals surface area (Å²) >= 11 is 0. The Morgan fingerprint density at radius 3 is 1.80 bits per heavy atom. The molecule has 0 radical (unpaired) electrons. The number of hydrogen-bond acceptors (Lipinski definition) is 4. The Morgan fingerprint density at radius 1 is 1.13 bits per heavy atom. The molecule has 0 aliphatic carbocycles. The summed E-state index contributed by atoms with van der Waals surface area (Å²) in [6.45, 7) is 0. The Labute approximate surface area is 107 Å². The number of phenols is 1. The second kappa shape index (κ2) is 8.10. The molecular formula is C8H7NaO6. The van der Waals surface area contributed by atoms with E-state index in [1.807, 2.05) is 0 Å².